The van der Waals surface area contributed by atoms with Crippen LogP contribution in [0.1, 0.15) is 31.7 Å². The van der Waals surface area contributed by atoms with Crippen molar-refractivity contribution in [2.24, 2.45) is 11.8 Å². The van der Waals surface area contributed by atoms with Gasteiger partial charge in [0.25, 0.3) is 0 Å². The maximum atomic E-state index is 13.4. The van der Waals surface area contributed by atoms with E-state index < -0.39 is 0 Å². The molecule has 0 radical (unpaired) electrons. The molecule has 1 aromatic rings. The number of nitrogens with one attached hydrogen (secondary N) is 2. The zero-order valence-electron chi connectivity index (χ0n) is 12.2. The lowest BCUT2D eigenvalue weighted by molar-refractivity contribution is -0.117. The van der Waals surface area contributed by atoms with E-state index in [0.717, 1.165) is 13.1 Å². The van der Waals surface area contributed by atoms with Crippen molar-refractivity contribution in [2.75, 3.05) is 18.4 Å². The van der Waals surface area contributed by atoms with Crippen molar-refractivity contribution in [1.29, 1.82) is 0 Å². The van der Waals surface area contributed by atoms with Crippen LogP contribution in [0.15, 0.2) is 18.2 Å². The van der Waals surface area contributed by atoms with E-state index in [9.17, 15) is 9.18 Å². The van der Waals surface area contributed by atoms with E-state index in [4.69, 9.17) is 0 Å². The Balaban J connectivity index is 1.90. The molecule has 2 N–H and O–H groups in total. The maximum absolute atomic E-state index is 13.4. The smallest absolute Gasteiger partial charge is 0.224 e. The third-order valence-corrected chi connectivity index (χ3v) is 4.19. The van der Waals surface area contributed by atoms with Gasteiger partial charge in [0.2, 0.25) is 5.91 Å². The van der Waals surface area contributed by atoms with Gasteiger partial charge in [-0.2, -0.15) is 0 Å². The molecule has 1 fully saturated rings. The van der Waals surface area contributed by atoms with Crippen molar-refractivity contribution in [3.63, 3.8) is 0 Å². The van der Waals surface area contributed by atoms with Gasteiger partial charge in [0.05, 0.1) is 0 Å². The van der Waals surface area contributed by atoms with Crippen molar-refractivity contribution in [1.82, 2.24) is 5.32 Å². The standard InChI is InChI=1S/C16H23FN2O/c1-11(13-5-4-8-18-10-13)9-16(20)19-15-7-3-6-14(17)12(15)2/h3,6-7,11,13,18H,4-5,8-10H2,1-2H3,(H,19,20). The quantitative estimate of drug-likeness (QED) is 0.888. The summed E-state index contributed by atoms with van der Waals surface area (Å²) in [4.78, 5) is 12.1. The number of rotatable bonds is 4. The minimum atomic E-state index is -0.285. The molecule has 1 aliphatic heterocycles. The predicted octanol–water partition coefficient (Wildman–Crippen LogP) is 3.10. The fraction of sp³-hybridized carbons (Fsp3) is 0.562. The average Bonchev–Trinajstić information content (AvgIpc) is 2.45. The Hall–Kier alpha value is -1.42. The summed E-state index contributed by atoms with van der Waals surface area (Å²) in [6.45, 7) is 5.88. The van der Waals surface area contributed by atoms with Crippen molar-refractivity contribution < 1.29 is 9.18 Å². The zero-order valence-corrected chi connectivity index (χ0v) is 12.2. The van der Waals surface area contributed by atoms with E-state index in [1.54, 1.807) is 19.1 Å². The fourth-order valence-electron chi connectivity index (χ4n) is 2.77. The molecule has 20 heavy (non-hydrogen) atoms. The molecule has 1 amide bonds. The van der Waals surface area contributed by atoms with E-state index in [0.29, 0.717) is 29.5 Å². The molecule has 0 spiro atoms. The largest absolute Gasteiger partial charge is 0.326 e. The lowest BCUT2D eigenvalue weighted by atomic mass is 9.85. The second kappa shape index (κ2) is 6.84. The summed E-state index contributed by atoms with van der Waals surface area (Å²) in [5.41, 5.74) is 1.07. The Morgan fingerprint density at radius 3 is 3.05 bits per heavy atom. The van der Waals surface area contributed by atoms with Gasteiger partial charge in [0, 0.05) is 17.7 Å². The first-order chi connectivity index (χ1) is 9.58. The Kier molecular flexibility index (Phi) is 5.12. The van der Waals surface area contributed by atoms with Crippen molar-refractivity contribution in [2.45, 2.75) is 33.1 Å². The fourth-order valence-corrected chi connectivity index (χ4v) is 2.77. The number of benzene rings is 1. The number of halogens is 1. The Morgan fingerprint density at radius 2 is 2.35 bits per heavy atom. The summed E-state index contributed by atoms with van der Waals surface area (Å²) < 4.78 is 13.4. The zero-order chi connectivity index (χ0) is 14.5. The highest BCUT2D eigenvalue weighted by Crippen LogP contribution is 2.24. The molecule has 2 unspecified atom stereocenters. The molecule has 0 aromatic heterocycles. The first-order valence-electron chi connectivity index (χ1n) is 7.33. The normalized spacial score (nSPS) is 20.4. The molecule has 1 aromatic carbocycles. The van der Waals surface area contributed by atoms with E-state index >= 15 is 0 Å². The highest BCUT2D eigenvalue weighted by molar-refractivity contribution is 5.91. The van der Waals surface area contributed by atoms with Crippen LogP contribution in [0, 0.1) is 24.6 Å². The first-order valence-corrected chi connectivity index (χ1v) is 7.33. The van der Waals surface area contributed by atoms with E-state index in [1.807, 2.05) is 0 Å². The minimum Gasteiger partial charge on any atom is -0.326 e. The van der Waals surface area contributed by atoms with Gasteiger partial charge < -0.3 is 10.6 Å². The number of carbonyl (C=O) groups excluding carboxylic acids is 1. The van der Waals surface area contributed by atoms with E-state index in [-0.39, 0.29) is 11.7 Å². The summed E-state index contributed by atoms with van der Waals surface area (Å²) in [5.74, 6) is 0.587. The van der Waals surface area contributed by atoms with Crippen LogP contribution < -0.4 is 10.6 Å². The van der Waals surface area contributed by atoms with Gasteiger partial charge in [-0.05, 0) is 56.8 Å². The molecule has 1 heterocycles. The van der Waals surface area contributed by atoms with Gasteiger partial charge >= 0.3 is 0 Å². The van der Waals surface area contributed by atoms with Gasteiger partial charge in [-0.1, -0.05) is 13.0 Å². The number of amides is 1. The highest BCUT2D eigenvalue weighted by Gasteiger charge is 2.22. The molecule has 3 nitrogen and oxygen atoms in total. The van der Waals surface area contributed by atoms with Gasteiger partial charge in [-0.25, -0.2) is 4.39 Å². The Labute approximate surface area is 120 Å². The molecule has 1 saturated heterocycles. The van der Waals surface area contributed by atoms with Crippen LogP contribution in [0.5, 0.6) is 0 Å². The van der Waals surface area contributed by atoms with Crippen LogP contribution >= 0.6 is 0 Å². The molecule has 2 rings (SSSR count). The number of hydrogen-bond acceptors (Lipinski definition) is 2. The first kappa shape index (κ1) is 15.0. The second-order valence-electron chi connectivity index (χ2n) is 5.75. The second-order valence-corrected chi connectivity index (χ2v) is 5.75. The van der Waals surface area contributed by atoms with Gasteiger partial charge in [-0.3, -0.25) is 4.79 Å². The van der Waals surface area contributed by atoms with Crippen LogP contribution in [0.2, 0.25) is 0 Å². The number of carbonyl (C=O) groups is 1. The lowest BCUT2D eigenvalue weighted by Gasteiger charge is -2.28. The maximum Gasteiger partial charge on any atom is 0.224 e. The highest BCUT2D eigenvalue weighted by atomic mass is 19.1. The van der Waals surface area contributed by atoms with Gasteiger partial charge in [-0.15, -0.1) is 0 Å². The van der Waals surface area contributed by atoms with Crippen LogP contribution in [-0.4, -0.2) is 19.0 Å². The molecule has 0 saturated carbocycles. The third-order valence-electron chi connectivity index (χ3n) is 4.19. The molecule has 0 aliphatic carbocycles. The van der Waals surface area contributed by atoms with Crippen LogP contribution in [-0.2, 0) is 4.79 Å². The topological polar surface area (TPSA) is 41.1 Å². The monoisotopic (exact) mass is 278 g/mol. The molecule has 0 bridgehead atoms. The van der Waals surface area contributed by atoms with E-state index in [1.165, 1.54) is 18.9 Å². The molecule has 4 heteroatoms. The number of hydrogen-bond donors (Lipinski definition) is 2. The summed E-state index contributed by atoms with van der Waals surface area (Å²) in [7, 11) is 0. The van der Waals surface area contributed by atoms with Gasteiger partial charge in [0.15, 0.2) is 0 Å². The van der Waals surface area contributed by atoms with Crippen molar-refractivity contribution >= 4 is 11.6 Å². The van der Waals surface area contributed by atoms with Crippen molar-refractivity contribution in [3.05, 3.63) is 29.6 Å². The predicted molar refractivity (Wildman–Crippen MR) is 79.1 cm³/mol. The van der Waals surface area contributed by atoms with E-state index in [2.05, 4.69) is 17.6 Å². The molecular weight excluding hydrogens is 255 g/mol. The summed E-state index contributed by atoms with van der Waals surface area (Å²) in [6.07, 6.45) is 2.85. The average molecular weight is 278 g/mol. The van der Waals surface area contributed by atoms with Gasteiger partial charge in [0.1, 0.15) is 5.82 Å². The molecule has 1 aliphatic rings. The molecular formula is C16H23FN2O. The third kappa shape index (κ3) is 3.79. The molecule has 2 atom stereocenters. The summed E-state index contributed by atoms with van der Waals surface area (Å²) >= 11 is 0. The summed E-state index contributed by atoms with van der Waals surface area (Å²) in [5, 5.41) is 6.20. The van der Waals surface area contributed by atoms with Crippen LogP contribution in [0.4, 0.5) is 10.1 Å². The molecule has 110 valence electrons. The summed E-state index contributed by atoms with van der Waals surface area (Å²) in [6, 6.07) is 4.76. The number of piperidine rings is 1. The number of anilines is 1. The lowest BCUT2D eigenvalue weighted by Crippen LogP contribution is -2.34. The minimum absolute atomic E-state index is 0.0308. The van der Waals surface area contributed by atoms with Crippen molar-refractivity contribution in [3.8, 4) is 0 Å². The SMILES string of the molecule is Cc1c(F)cccc1NC(=O)CC(C)C1CCCNC1. The van der Waals surface area contributed by atoms with Crippen LogP contribution in [0.25, 0.3) is 0 Å². The Bertz CT molecular complexity index is 470. The Morgan fingerprint density at radius 1 is 1.55 bits per heavy atom. The van der Waals surface area contributed by atoms with Crippen LogP contribution in [0.3, 0.4) is 0 Å².